The van der Waals surface area contributed by atoms with Gasteiger partial charge in [0, 0.05) is 12.0 Å². The van der Waals surface area contributed by atoms with Crippen molar-refractivity contribution in [1.29, 1.82) is 0 Å². The number of non-ortho nitro benzene ring substituents is 1. The second-order valence-corrected chi connectivity index (χ2v) is 2.76. The van der Waals surface area contributed by atoms with E-state index in [1.807, 2.05) is 0 Å². The molecule has 1 aromatic carbocycles. The number of hydrogen-bond acceptors (Lipinski definition) is 4. The van der Waals surface area contributed by atoms with Gasteiger partial charge in [0.25, 0.3) is 11.6 Å². The first-order valence-corrected chi connectivity index (χ1v) is 4.18. The van der Waals surface area contributed by atoms with Gasteiger partial charge < -0.3 is 10.5 Å². The topological polar surface area (TPSA) is 95.5 Å². The van der Waals surface area contributed by atoms with Crippen molar-refractivity contribution in [1.82, 2.24) is 0 Å². The SMILES string of the molecule is COc1cc([N+](=O)[O-])ccc1C#CC(N)=O. The van der Waals surface area contributed by atoms with Crippen LogP contribution in [0.2, 0.25) is 0 Å². The Morgan fingerprint density at radius 3 is 2.75 bits per heavy atom. The molecule has 0 aliphatic carbocycles. The van der Waals surface area contributed by atoms with Gasteiger partial charge in [0.2, 0.25) is 0 Å². The smallest absolute Gasteiger partial charge is 0.293 e. The number of nitrogens with two attached hydrogens (primary N) is 1. The quantitative estimate of drug-likeness (QED) is 0.444. The zero-order valence-electron chi connectivity index (χ0n) is 8.39. The van der Waals surface area contributed by atoms with E-state index in [9.17, 15) is 14.9 Å². The molecule has 6 nitrogen and oxygen atoms in total. The number of carbonyl (C=O) groups excluding carboxylic acids is 1. The minimum atomic E-state index is -0.777. The molecule has 82 valence electrons. The van der Waals surface area contributed by atoms with Gasteiger partial charge in [0.05, 0.1) is 23.7 Å². The number of methoxy groups -OCH3 is 1. The van der Waals surface area contributed by atoms with E-state index in [-0.39, 0.29) is 11.4 Å². The zero-order valence-corrected chi connectivity index (χ0v) is 8.39. The number of benzene rings is 1. The zero-order chi connectivity index (χ0) is 12.1. The third kappa shape index (κ3) is 2.72. The van der Waals surface area contributed by atoms with E-state index in [1.165, 1.54) is 25.3 Å². The monoisotopic (exact) mass is 220 g/mol. The van der Waals surface area contributed by atoms with E-state index in [0.29, 0.717) is 5.56 Å². The Balaban J connectivity index is 3.18. The van der Waals surface area contributed by atoms with Crippen LogP contribution in [-0.4, -0.2) is 17.9 Å². The highest BCUT2D eigenvalue weighted by Gasteiger charge is 2.09. The molecule has 1 rings (SSSR count). The van der Waals surface area contributed by atoms with Gasteiger partial charge in [-0.15, -0.1) is 0 Å². The maximum Gasteiger partial charge on any atom is 0.293 e. The van der Waals surface area contributed by atoms with Crippen LogP contribution in [0.4, 0.5) is 5.69 Å². The summed E-state index contributed by atoms with van der Waals surface area (Å²) >= 11 is 0. The van der Waals surface area contributed by atoms with Crippen molar-refractivity contribution in [3.05, 3.63) is 33.9 Å². The Hall–Kier alpha value is -2.55. The molecule has 0 unspecified atom stereocenters. The first-order chi connectivity index (χ1) is 7.54. The fourth-order valence-electron chi connectivity index (χ4n) is 1.03. The molecule has 0 saturated carbocycles. The molecule has 0 radical (unpaired) electrons. The van der Waals surface area contributed by atoms with E-state index in [4.69, 9.17) is 10.5 Å². The first kappa shape index (κ1) is 11.5. The number of nitro groups is 1. The Kier molecular flexibility index (Phi) is 3.45. The number of hydrogen-bond donors (Lipinski definition) is 1. The molecule has 0 aliphatic rings. The van der Waals surface area contributed by atoms with Crippen molar-refractivity contribution < 1.29 is 14.5 Å². The minimum absolute atomic E-state index is 0.110. The number of nitrogens with zero attached hydrogens (tertiary/aromatic N) is 1. The van der Waals surface area contributed by atoms with Gasteiger partial charge in [-0.2, -0.15) is 0 Å². The summed E-state index contributed by atoms with van der Waals surface area (Å²) in [6.45, 7) is 0. The van der Waals surface area contributed by atoms with Crippen LogP contribution >= 0.6 is 0 Å². The number of primary amides is 1. The lowest BCUT2D eigenvalue weighted by atomic mass is 10.2. The lowest BCUT2D eigenvalue weighted by Gasteiger charge is -2.01. The summed E-state index contributed by atoms with van der Waals surface area (Å²) in [4.78, 5) is 20.4. The Morgan fingerprint density at radius 2 is 2.25 bits per heavy atom. The third-order valence-corrected chi connectivity index (χ3v) is 1.72. The van der Waals surface area contributed by atoms with Gasteiger partial charge >= 0.3 is 0 Å². The van der Waals surface area contributed by atoms with Crippen LogP contribution in [0.1, 0.15) is 5.56 Å². The predicted octanol–water partition coefficient (Wildman–Crippen LogP) is 0.440. The van der Waals surface area contributed by atoms with Gasteiger partial charge in [-0.1, -0.05) is 5.92 Å². The molecule has 0 bridgehead atoms. The van der Waals surface area contributed by atoms with Gasteiger partial charge in [-0.3, -0.25) is 14.9 Å². The Bertz CT molecular complexity index is 499. The van der Waals surface area contributed by atoms with E-state index < -0.39 is 10.8 Å². The molecule has 0 saturated heterocycles. The molecule has 0 fully saturated rings. The highest BCUT2D eigenvalue weighted by atomic mass is 16.6. The van der Waals surface area contributed by atoms with E-state index >= 15 is 0 Å². The van der Waals surface area contributed by atoms with Crippen LogP contribution in [-0.2, 0) is 4.79 Å². The van der Waals surface area contributed by atoms with E-state index in [2.05, 4.69) is 11.8 Å². The van der Waals surface area contributed by atoms with Gasteiger partial charge in [0.1, 0.15) is 5.75 Å². The van der Waals surface area contributed by atoms with Crippen molar-refractivity contribution in [2.75, 3.05) is 7.11 Å². The number of amides is 1. The fourth-order valence-corrected chi connectivity index (χ4v) is 1.03. The second kappa shape index (κ2) is 4.79. The maximum atomic E-state index is 10.5. The molecule has 0 aromatic heterocycles. The second-order valence-electron chi connectivity index (χ2n) is 2.76. The molecular weight excluding hydrogens is 212 g/mol. The molecule has 0 heterocycles. The van der Waals surface area contributed by atoms with Crippen LogP contribution in [0.15, 0.2) is 18.2 Å². The van der Waals surface area contributed by atoms with Crippen LogP contribution in [0.5, 0.6) is 5.75 Å². The summed E-state index contributed by atoms with van der Waals surface area (Å²) in [5.41, 5.74) is 5.11. The summed E-state index contributed by atoms with van der Waals surface area (Å²) in [5.74, 6) is 4.03. The minimum Gasteiger partial charge on any atom is -0.495 e. The van der Waals surface area contributed by atoms with Gasteiger partial charge in [-0.25, -0.2) is 0 Å². The summed E-state index contributed by atoms with van der Waals surface area (Å²) in [6.07, 6.45) is 0. The lowest BCUT2D eigenvalue weighted by molar-refractivity contribution is -0.384. The van der Waals surface area contributed by atoms with Crippen molar-refractivity contribution in [2.24, 2.45) is 5.73 Å². The van der Waals surface area contributed by atoms with Gasteiger partial charge in [0.15, 0.2) is 0 Å². The normalized spacial score (nSPS) is 8.81. The van der Waals surface area contributed by atoms with Gasteiger partial charge in [-0.05, 0) is 6.07 Å². The molecule has 0 atom stereocenters. The largest absolute Gasteiger partial charge is 0.495 e. The average molecular weight is 220 g/mol. The average Bonchev–Trinajstić information content (AvgIpc) is 2.25. The van der Waals surface area contributed by atoms with Crippen LogP contribution in [0, 0.1) is 22.0 Å². The van der Waals surface area contributed by atoms with Crippen LogP contribution in [0.3, 0.4) is 0 Å². The van der Waals surface area contributed by atoms with Crippen molar-refractivity contribution in [3.63, 3.8) is 0 Å². The summed E-state index contributed by atoms with van der Waals surface area (Å²) < 4.78 is 4.91. The molecule has 1 amide bonds. The van der Waals surface area contributed by atoms with Crippen molar-refractivity contribution in [2.45, 2.75) is 0 Å². The predicted molar refractivity (Wildman–Crippen MR) is 55.7 cm³/mol. The number of nitro benzene ring substituents is 1. The molecular formula is C10H8N2O4. The van der Waals surface area contributed by atoms with Crippen LogP contribution < -0.4 is 10.5 Å². The number of rotatable bonds is 2. The molecule has 0 aliphatic heterocycles. The molecule has 16 heavy (non-hydrogen) atoms. The molecule has 0 spiro atoms. The summed E-state index contributed by atoms with van der Waals surface area (Å²) in [7, 11) is 1.36. The van der Waals surface area contributed by atoms with Crippen molar-refractivity contribution >= 4 is 11.6 Å². The van der Waals surface area contributed by atoms with Crippen molar-refractivity contribution in [3.8, 4) is 17.6 Å². The maximum absolute atomic E-state index is 10.5. The molecule has 2 N–H and O–H groups in total. The Labute approximate surface area is 91.2 Å². The van der Waals surface area contributed by atoms with Crippen LogP contribution in [0.25, 0.3) is 0 Å². The first-order valence-electron chi connectivity index (χ1n) is 4.18. The number of carbonyl (C=O) groups is 1. The fraction of sp³-hybridized carbons (Fsp3) is 0.100. The third-order valence-electron chi connectivity index (χ3n) is 1.72. The van der Waals surface area contributed by atoms with E-state index in [1.54, 1.807) is 0 Å². The van der Waals surface area contributed by atoms with E-state index in [0.717, 1.165) is 0 Å². The highest BCUT2D eigenvalue weighted by Crippen LogP contribution is 2.23. The molecule has 6 heteroatoms. The summed E-state index contributed by atoms with van der Waals surface area (Å²) in [5, 5.41) is 10.5. The lowest BCUT2D eigenvalue weighted by Crippen LogP contribution is -2.06. The number of ether oxygens (including phenoxy) is 1. The standard InChI is InChI=1S/C10H8N2O4/c1-16-9-6-8(12(14)15)4-2-7(9)3-5-10(11)13/h2,4,6H,1H3,(H2,11,13). The summed E-state index contributed by atoms with van der Waals surface area (Å²) in [6, 6.07) is 3.89. The highest BCUT2D eigenvalue weighted by molar-refractivity contribution is 5.92. The Morgan fingerprint density at radius 1 is 1.56 bits per heavy atom. The molecule has 1 aromatic rings.